The summed E-state index contributed by atoms with van der Waals surface area (Å²) in [7, 11) is 0. The second kappa shape index (κ2) is 15.4. The van der Waals surface area contributed by atoms with Gasteiger partial charge < -0.3 is 24.8 Å². The Morgan fingerprint density at radius 2 is 0.967 bits per heavy atom. The molecule has 0 bridgehead atoms. The van der Waals surface area contributed by atoms with E-state index in [0.717, 1.165) is 12.8 Å². The Morgan fingerprint density at radius 1 is 0.633 bits per heavy atom. The van der Waals surface area contributed by atoms with Crippen LogP contribution in [0, 0.1) is 12.2 Å². The van der Waals surface area contributed by atoms with Crippen molar-refractivity contribution in [1.29, 1.82) is 0 Å². The van der Waals surface area contributed by atoms with E-state index in [0.29, 0.717) is 0 Å². The molecule has 0 fully saturated rings. The Bertz CT molecular complexity index is 829. The summed E-state index contributed by atoms with van der Waals surface area (Å²) in [5.41, 5.74) is 8.28. The van der Waals surface area contributed by atoms with Crippen molar-refractivity contribution in [1.82, 2.24) is 0 Å². The van der Waals surface area contributed by atoms with Crippen LogP contribution in [0.2, 0.25) is 0 Å². The Balaban J connectivity index is 0.000000448. The number of benzene rings is 2. The molecular formula is C27H28Cl2Ti-2. The maximum absolute atomic E-state index is 3.12. The molecule has 0 N–H and O–H groups in total. The van der Waals surface area contributed by atoms with Gasteiger partial charge in [0.25, 0.3) is 0 Å². The third-order valence-corrected chi connectivity index (χ3v) is 5.74. The van der Waals surface area contributed by atoms with Crippen molar-refractivity contribution >= 4 is 3.81 Å². The van der Waals surface area contributed by atoms with Crippen molar-refractivity contribution < 1.29 is 44.8 Å². The van der Waals surface area contributed by atoms with E-state index in [4.69, 9.17) is 0 Å². The molecule has 0 heterocycles. The normalized spacial score (nSPS) is 13.5. The summed E-state index contributed by atoms with van der Waals surface area (Å²) < 4.78 is 1.33. The van der Waals surface area contributed by atoms with Crippen LogP contribution in [0.5, 0.6) is 0 Å². The first-order valence-corrected chi connectivity index (χ1v) is 10.4. The molecule has 0 unspecified atom stereocenters. The van der Waals surface area contributed by atoms with Gasteiger partial charge in [-0.1, -0.05) is 13.8 Å². The van der Waals surface area contributed by atoms with Crippen LogP contribution in [0.4, 0.5) is 0 Å². The molecule has 0 radical (unpaired) electrons. The Kier molecular flexibility index (Phi) is 14.6. The molecule has 0 saturated heterocycles. The summed E-state index contributed by atoms with van der Waals surface area (Å²) in [6, 6.07) is 20.9. The summed E-state index contributed by atoms with van der Waals surface area (Å²) in [6.07, 6.45) is 12.4. The van der Waals surface area contributed by atoms with Gasteiger partial charge in [-0.3, -0.25) is 12.2 Å². The standard InChI is InChI=1S/C13H10.2C7H9.2ClH.Ti/c1-3-7-12(8-4-1)11-13-9-5-2-6-10-13;2*1-6-4-3-5-7(6)2;;;/h1-10H;2*4H,5H2,1-2H3;2*1H;/q;2*-1;;;+2/p-2. The van der Waals surface area contributed by atoms with E-state index < -0.39 is 0 Å². The predicted molar refractivity (Wildman–Crippen MR) is 118 cm³/mol. The number of hydrogen-bond donors (Lipinski definition) is 0. The van der Waals surface area contributed by atoms with Crippen LogP contribution in [0.15, 0.2) is 95.1 Å². The zero-order valence-electron chi connectivity index (χ0n) is 18.1. The summed E-state index contributed by atoms with van der Waals surface area (Å²) >= 11 is 2.16. The average molecular weight is 471 g/mol. The van der Waals surface area contributed by atoms with Gasteiger partial charge in [0, 0.05) is 0 Å². The van der Waals surface area contributed by atoms with Gasteiger partial charge in [0.15, 0.2) is 0 Å². The Morgan fingerprint density at radius 3 is 1.17 bits per heavy atom. The molecule has 0 amide bonds. The van der Waals surface area contributed by atoms with Gasteiger partial charge in [0.05, 0.1) is 0 Å². The van der Waals surface area contributed by atoms with E-state index in [-0.39, 0.29) is 24.8 Å². The molecule has 2 aliphatic carbocycles. The fourth-order valence-electron chi connectivity index (χ4n) is 2.62. The molecule has 0 aromatic heterocycles. The van der Waals surface area contributed by atoms with Crippen LogP contribution in [0.1, 0.15) is 51.7 Å². The molecule has 4 rings (SSSR count). The molecule has 156 valence electrons. The summed E-state index contributed by atoms with van der Waals surface area (Å²) in [5, 5.41) is 0. The van der Waals surface area contributed by atoms with Gasteiger partial charge >= 0.3 is 95.6 Å². The molecule has 0 aliphatic heterocycles. The molecule has 2 aromatic rings. The average Bonchev–Trinajstić information content (AvgIpc) is 3.30. The van der Waals surface area contributed by atoms with E-state index in [1.54, 1.807) is 0 Å². The van der Waals surface area contributed by atoms with Crippen molar-refractivity contribution in [3.8, 4) is 0 Å². The van der Waals surface area contributed by atoms with Gasteiger partial charge in [-0.15, -0.1) is 26.7 Å². The van der Waals surface area contributed by atoms with Gasteiger partial charge in [-0.05, 0) is 0 Å². The van der Waals surface area contributed by atoms with Crippen LogP contribution in [-0.4, -0.2) is 3.81 Å². The van der Waals surface area contributed by atoms with Crippen molar-refractivity contribution in [3.05, 3.63) is 118 Å². The van der Waals surface area contributed by atoms with Crippen LogP contribution in [0.25, 0.3) is 0 Å². The van der Waals surface area contributed by atoms with Crippen molar-refractivity contribution in [3.63, 3.8) is 0 Å². The predicted octanol–water partition coefficient (Wildman–Crippen LogP) is 0.982. The fourth-order valence-corrected chi connectivity index (χ4v) is 3.14. The molecular weight excluding hydrogens is 443 g/mol. The van der Waals surface area contributed by atoms with E-state index in [1.165, 1.54) is 37.2 Å². The van der Waals surface area contributed by atoms with Crippen molar-refractivity contribution in [2.24, 2.45) is 0 Å². The number of allylic oxidation sites excluding steroid dienone is 8. The topological polar surface area (TPSA) is 0 Å². The van der Waals surface area contributed by atoms with Gasteiger partial charge in [-0.2, -0.15) is 11.1 Å². The summed E-state index contributed by atoms with van der Waals surface area (Å²) in [5.74, 6) is 0. The van der Waals surface area contributed by atoms with E-state index in [2.05, 4.69) is 121 Å². The molecule has 0 nitrogen and oxygen atoms in total. The molecule has 0 spiro atoms. The number of rotatable bonds is 2. The molecule has 0 atom stereocenters. The SMILES string of the molecule is CC1=C(C)C[C-]=C1.CC1=C(C)C[C-]=C1.[Cl-].[Cl-].[Ti+2]=[C](c1ccccc1)c1ccccc1. The molecule has 2 aromatic carbocycles. The Labute approximate surface area is 206 Å². The number of halogens is 2. The molecule has 2 aliphatic rings. The zero-order chi connectivity index (χ0) is 20.4. The quantitative estimate of drug-likeness (QED) is 0.453. The van der Waals surface area contributed by atoms with Crippen LogP contribution in [0.3, 0.4) is 0 Å². The molecule has 30 heavy (non-hydrogen) atoms. The first kappa shape index (κ1) is 28.6. The third-order valence-electron chi connectivity index (χ3n) is 4.84. The molecule has 0 saturated carbocycles. The monoisotopic (exact) mass is 470 g/mol. The van der Waals surface area contributed by atoms with E-state index >= 15 is 0 Å². The van der Waals surface area contributed by atoms with Crippen molar-refractivity contribution in [2.75, 3.05) is 0 Å². The van der Waals surface area contributed by atoms with Crippen LogP contribution < -0.4 is 24.8 Å². The minimum atomic E-state index is 0. The first-order valence-electron chi connectivity index (χ1n) is 9.64. The van der Waals surface area contributed by atoms with E-state index in [9.17, 15) is 0 Å². The first-order chi connectivity index (χ1) is 13.5. The van der Waals surface area contributed by atoms with E-state index in [1.807, 2.05) is 12.1 Å². The second-order valence-electron chi connectivity index (χ2n) is 7.08. The minimum absolute atomic E-state index is 0. The van der Waals surface area contributed by atoms with Crippen molar-refractivity contribution in [2.45, 2.75) is 40.5 Å². The van der Waals surface area contributed by atoms with Gasteiger partial charge in [-0.25, -0.2) is 23.3 Å². The zero-order valence-corrected chi connectivity index (χ0v) is 21.2. The van der Waals surface area contributed by atoms with Crippen LogP contribution >= 0.6 is 0 Å². The Hall–Kier alpha value is -1.44. The van der Waals surface area contributed by atoms with Gasteiger partial charge in [0.2, 0.25) is 0 Å². The maximum atomic E-state index is 3.12. The van der Waals surface area contributed by atoms with Gasteiger partial charge in [0.1, 0.15) is 0 Å². The van der Waals surface area contributed by atoms with Crippen LogP contribution in [-0.2, 0) is 20.0 Å². The summed E-state index contributed by atoms with van der Waals surface area (Å²) in [4.78, 5) is 0. The second-order valence-corrected chi connectivity index (χ2v) is 7.86. The molecule has 3 heteroatoms. The third kappa shape index (κ3) is 9.58. The fraction of sp³-hybridized carbons (Fsp3) is 0.222. The number of hydrogen-bond acceptors (Lipinski definition) is 0. The summed E-state index contributed by atoms with van der Waals surface area (Å²) in [6.45, 7) is 8.53.